The molecule has 0 bridgehead atoms. The number of carbonyl (C=O) groups excluding carboxylic acids is 1. The van der Waals surface area contributed by atoms with Crippen LogP contribution in [0.2, 0.25) is 0 Å². The average Bonchev–Trinajstić information content (AvgIpc) is 2.73. The van der Waals surface area contributed by atoms with Crippen LogP contribution in [0.4, 0.5) is 5.69 Å². The number of carbonyl (C=O) groups is 1. The maximum Gasteiger partial charge on any atom is 0.255 e. The predicted molar refractivity (Wildman–Crippen MR) is 109 cm³/mol. The minimum absolute atomic E-state index is 0.187. The number of para-hydroxylation sites is 1. The van der Waals surface area contributed by atoms with Crippen LogP contribution in [0.1, 0.15) is 17.3 Å². The molecule has 0 aliphatic carbocycles. The Morgan fingerprint density at radius 2 is 1.39 bits per heavy atom. The maximum absolute atomic E-state index is 12.4. The van der Waals surface area contributed by atoms with Crippen molar-refractivity contribution in [2.45, 2.75) is 6.92 Å². The Hall–Kier alpha value is -3.47. The number of ether oxygens (including phenoxy) is 3. The Labute approximate surface area is 164 Å². The first-order valence-electron chi connectivity index (χ1n) is 9.19. The number of benzene rings is 3. The van der Waals surface area contributed by atoms with E-state index in [2.05, 4.69) is 5.32 Å². The number of nitrogens with one attached hydrogen (secondary N) is 1. The molecule has 5 nitrogen and oxygen atoms in total. The Morgan fingerprint density at radius 3 is 2.11 bits per heavy atom. The molecule has 0 unspecified atom stereocenters. The van der Waals surface area contributed by atoms with Crippen LogP contribution < -0.4 is 19.5 Å². The lowest BCUT2D eigenvalue weighted by molar-refractivity contribution is 0.102. The second-order valence-corrected chi connectivity index (χ2v) is 5.95. The molecule has 3 aromatic carbocycles. The lowest BCUT2D eigenvalue weighted by Gasteiger charge is -2.10. The van der Waals surface area contributed by atoms with Gasteiger partial charge >= 0.3 is 0 Å². The van der Waals surface area contributed by atoms with Gasteiger partial charge in [0, 0.05) is 17.3 Å². The SMILES string of the molecule is CCOc1ccc(C(=O)Nc2cccc(OCCOc3ccccc3)c2)cc1. The normalized spacial score (nSPS) is 10.2. The van der Waals surface area contributed by atoms with Gasteiger partial charge in [-0.1, -0.05) is 24.3 Å². The van der Waals surface area contributed by atoms with Gasteiger partial charge in [0.15, 0.2) is 0 Å². The monoisotopic (exact) mass is 377 g/mol. The second-order valence-electron chi connectivity index (χ2n) is 5.95. The third kappa shape index (κ3) is 5.77. The number of anilines is 1. The van der Waals surface area contributed by atoms with Crippen molar-refractivity contribution in [2.75, 3.05) is 25.1 Å². The summed E-state index contributed by atoms with van der Waals surface area (Å²) >= 11 is 0. The van der Waals surface area contributed by atoms with Crippen molar-refractivity contribution in [1.29, 1.82) is 0 Å². The molecule has 3 rings (SSSR count). The van der Waals surface area contributed by atoms with E-state index in [0.717, 1.165) is 11.5 Å². The number of amides is 1. The van der Waals surface area contributed by atoms with E-state index in [-0.39, 0.29) is 5.91 Å². The van der Waals surface area contributed by atoms with Gasteiger partial charge in [-0.15, -0.1) is 0 Å². The molecule has 28 heavy (non-hydrogen) atoms. The molecule has 0 radical (unpaired) electrons. The fraction of sp³-hybridized carbons (Fsp3) is 0.174. The van der Waals surface area contributed by atoms with E-state index in [0.29, 0.717) is 36.8 Å². The van der Waals surface area contributed by atoms with E-state index in [4.69, 9.17) is 14.2 Å². The van der Waals surface area contributed by atoms with Crippen LogP contribution in [-0.4, -0.2) is 25.7 Å². The summed E-state index contributed by atoms with van der Waals surface area (Å²) in [7, 11) is 0. The van der Waals surface area contributed by atoms with E-state index in [9.17, 15) is 4.79 Å². The number of rotatable bonds is 9. The fourth-order valence-corrected chi connectivity index (χ4v) is 2.57. The van der Waals surface area contributed by atoms with E-state index in [1.54, 1.807) is 30.3 Å². The average molecular weight is 377 g/mol. The first-order valence-corrected chi connectivity index (χ1v) is 9.19. The highest BCUT2D eigenvalue weighted by atomic mass is 16.5. The van der Waals surface area contributed by atoms with Crippen molar-refractivity contribution in [3.05, 3.63) is 84.4 Å². The summed E-state index contributed by atoms with van der Waals surface area (Å²) in [5.74, 6) is 2.03. The van der Waals surface area contributed by atoms with Crippen molar-refractivity contribution < 1.29 is 19.0 Å². The molecule has 1 amide bonds. The zero-order valence-corrected chi connectivity index (χ0v) is 15.8. The minimum atomic E-state index is -0.187. The maximum atomic E-state index is 12.4. The van der Waals surface area contributed by atoms with Crippen LogP contribution in [0.5, 0.6) is 17.2 Å². The molecule has 0 aliphatic heterocycles. The molecule has 1 N–H and O–H groups in total. The molecular formula is C23H23NO4. The van der Waals surface area contributed by atoms with Crippen LogP contribution >= 0.6 is 0 Å². The third-order valence-corrected chi connectivity index (χ3v) is 3.88. The van der Waals surface area contributed by atoms with Crippen LogP contribution in [0, 0.1) is 0 Å². The van der Waals surface area contributed by atoms with Gasteiger partial charge in [0.2, 0.25) is 0 Å². The van der Waals surface area contributed by atoms with Crippen LogP contribution in [0.3, 0.4) is 0 Å². The molecule has 0 aliphatic rings. The van der Waals surface area contributed by atoms with Crippen molar-refractivity contribution in [3.8, 4) is 17.2 Å². The van der Waals surface area contributed by atoms with Gasteiger partial charge in [-0.25, -0.2) is 0 Å². The van der Waals surface area contributed by atoms with Crippen LogP contribution in [0.25, 0.3) is 0 Å². The summed E-state index contributed by atoms with van der Waals surface area (Å²) in [5.41, 5.74) is 1.23. The van der Waals surface area contributed by atoms with Crippen molar-refractivity contribution in [3.63, 3.8) is 0 Å². The van der Waals surface area contributed by atoms with Crippen molar-refractivity contribution in [1.82, 2.24) is 0 Å². The Morgan fingerprint density at radius 1 is 0.750 bits per heavy atom. The largest absolute Gasteiger partial charge is 0.494 e. The molecule has 0 saturated carbocycles. The van der Waals surface area contributed by atoms with Crippen LogP contribution in [0.15, 0.2) is 78.9 Å². The molecule has 0 spiro atoms. The minimum Gasteiger partial charge on any atom is -0.494 e. The second kappa shape index (κ2) is 10.0. The molecule has 0 atom stereocenters. The van der Waals surface area contributed by atoms with Crippen molar-refractivity contribution in [2.24, 2.45) is 0 Å². The smallest absolute Gasteiger partial charge is 0.255 e. The van der Waals surface area contributed by atoms with Gasteiger partial charge < -0.3 is 19.5 Å². The van der Waals surface area contributed by atoms with E-state index in [1.807, 2.05) is 55.5 Å². The van der Waals surface area contributed by atoms with Crippen LogP contribution in [-0.2, 0) is 0 Å². The number of hydrogen-bond donors (Lipinski definition) is 1. The van der Waals surface area contributed by atoms with Gasteiger partial charge in [-0.05, 0) is 55.5 Å². The van der Waals surface area contributed by atoms with Gasteiger partial charge in [0.25, 0.3) is 5.91 Å². The Balaban J connectivity index is 1.50. The van der Waals surface area contributed by atoms with E-state index >= 15 is 0 Å². The molecular weight excluding hydrogens is 354 g/mol. The molecule has 0 aromatic heterocycles. The fourth-order valence-electron chi connectivity index (χ4n) is 2.57. The standard InChI is InChI=1S/C23H23NO4/c1-2-26-21-13-11-18(12-14-21)23(25)24-19-7-6-10-22(17-19)28-16-15-27-20-8-4-3-5-9-20/h3-14,17H,2,15-16H2,1H3,(H,24,25). The molecule has 0 fully saturated rings. The summed E-state index contributed by atoms with van der Waals surface area (Å²) in [4.78, 5) is 12.4. The lowest BCUT2D eigenvalue weighted by atomic mass is 10.2. The lowest BCUT2D eigenvalue weighted by Crippen LogP contribution is -2.12. The van der Waals surface area contributed by atoms with Gasteiger partial charge in [-0.2, -0.15) is 0 Å². The van der Waals surface area contributed by atoms with Gasteiger partial charge in [0.05, 0.1) is 6.61 Å². The first kappa shape index (κ1) is 19.3. The summed E-state index contributed by atoms with van der Waals surface area (Å²) in [6, 6.07) is 23.9. The van der Waals surface area contributed by atoms with E-state index in [1.165, 1.54) is 0 Å². The van der Waals surface area contributed by atoms with Gasteiger partial charge in [-0.3, -0.25) is 4.79 Å². The predicted octanol–water partition coefficient (Wildman–Crippen LogP) is 4.80. The summed E-state index contributed by atoms with van der Waals surface area (Å²) in [6.07, 6.45) is 0. The molecule has 144 valence electrons. The third-order valence-electron chi connectivity index (χ3n) is 3.88. The number of hydrogen-bond acceptors (Lipinski definition) is 4. The summed E-state index contributed by atoms with van der Waals surface area (Å²) in [5, 5.41) is 2.88. The highest BCUT2D eigenvalue weighted by molar-refractivity contribution is 6.04. The first-order chi connectivity index (χ1) is 13.7. The molecule has 0 heterocycles. The van der Waals surface area contributed by atoms with Crippen molar-refractivity contribution >= 4 is 11.6 Å². The zero-order valence-electron chi connectivity index (χ0n) is 15.8. The Bertz CT molecular complexity index is 879. The molecule has 3 aromatic rings. The van der Waals surface area contributed by atoms with E-state index < -0.39 is 0 Å². The Kier molecular flexibility index (Phi) is 6.90. The highest BCUT2D eigenvalue weighted by Crippen LogP contribution is 2.19. The summed E-state index contributed by atoms with van der Waals surface area (Å²) in [6.45, 7) is 3.36. The zero-order chi connectivity index (χ0) is 19.6. The van der Waals surface area contributed by atoms with Gasteiger partial charge in [0.1, 0.15) is 30.5 Å². The quantitative estimate of drug-likeness (QED) is 0.545. The topological polar surface area (TPSA) is 56.8 Å². The molecule has 0 saturated heterocycles. The summed E-state index contributed by atoms with van der Waals surface area (Å²) < 4.78 is 16.7. The molecule has 5 heteroatoms. The highest BCUT2D eigenvalue weighted by Gasteiger charge is 2.07.